The maximum atomic E-state index is 12.4. The zero-order valence-electron chi connectivity index (χ0n) is 16.6. The molecule has 0 aliphatic heterocycles. The molecule has 1 aliphatic carbocycles. The number of hydrogen-bond donors (Lipinski definition) is 2. The predicted octanol–water partition coefficient (Wildman–Crippen LogP) is 6.01. The van der Waals surface area contributed by atoms with E-state index in [4.69, 9.17) is 21.7 Å². The quantitative estimate of drug-likeness (QED) is 0.375. The first-order valence-electron chi connectivity index (χ1n) is 9.78. The van der Waals surface area contributed by atoms with Gasteiger partial charge in [0.05, 0.1) is 18.4 Å². The molecule has 1 aliphatic rings. The molecule has 0 saturated carbocycles. The highest BCUT2D eigenvalue weighted by Crippen LogP contribution is 2.39. The Morgan fingerprint density at radius 2 is 1.73 bits per heavy atom. The van der Waals surface area contributed by atoms with Gasteiger partial charge in [-0.15, -0.1) is 11.3 Å². The maximum absolute atomic E-state index is 12.4. The number of esters is 1. The van der Waals surface area contributed by atoms with Crippen molar-refractivity contribution in [2.45, 2.75) is 25.7 Å². The number of methoxy groups -OCH3 is 1. The summed E-state index contributed by atoms with van der Waals surface area (Å²) >= 11 is 7.12. The number of aryl methyl sites for hydroxylation is 1. The van der Waals surface area contributed by atoms with E-state index in [0.29, 0.717) is 16.4 Å². The molecule has 154 valence electrons. The molecule has 0 amide bonds. The first-order valence-corrected chi connectivity index (χ1v) is 11.0. The van der Waals surface area contributed by atoms with Crippen LogP contribution >= 0.6 is 23.6 Å². The molecule has 2 aromatic carbocycles. The lowest BCUT2D eigenvalue weighted by Gasteiger charge is -2.15. The van der Waals surface area contributed by atoms with Crippen LogP contribution in [0.3, 0.4) is 0 Å². The standard InChI is InChI=1S/C23H22N2O3S2/c1-27-22(26)20-16-11-5-8-14-19(16)30-21(20)25-23(29)24-17-12-6-7-13-18(17)28-15-9-3-2-4-10-15/h2-4,6-7,9-10,12-13H,5,8,11,14H2,1H3,(H2,24,25,29). The van der Waals surface area contributed by atoms with E-state index in [1.165, 1.54) is 12.0 Å². The smallest absolute Gasteiger partial charge is 0.341 e. The molecule has 0 unspecified atom stereocenters. The molecule has 1 heterocycles. The maximum Gasteiger partial charge on any atom is 0.341 e. The van der Waals surface area contributed by atoms with Crippen LogP contribution in [0.4, 0.5) is 10.7 Å². The fraction of sp³-hybridized carbons (Fsp3) is 0.217. The second kappa shape index (κ2) is 9.28. The van der Waals surface area contributed by atoms with E-state index >= 15 is 0 Å². The molecule has 30 heavy (non-hydrogen) atoms. The molecule has 0 spiro atoms. The molecule has 5 nitrogen and oxygen atoms in total. The van der Waals surface area contributed by atoms with Crippen LogP contribution in [-0.4, -0.2) is 18.2 Å². The summed E-state index contributed by atoms with van der Waals surface area (Å²) in [5.74, 6) is 1.07. The fourth-order valence-corrected chi connectivity index (χ4v) is 5.06. The Balaban J connectivity index is 1.54. The molecule has 0 saturated heterocycles. The van der Waals surface area contributed by atoms with E-state index in [0.717, 1.165) is 47.7 Å². The van der Waals surface area contributed by atoms with Crippen LogP contribution in [0.15, 0.2) is 54.6 Å². The average molecular weight is 439 g/mol. The average Bonchev–Trinajstić information content (AvgIpc) is 3.13. The van der Waals surface area contributed by atoms with E-state index < -0.39 is 0 Å². The molecule has 1 aromatic heterocycles. The molecule has 0 bridgehead atoms. The first-order chi connectivity index (χ1) is 14.7. The van der Waals surface area contributed by atoms with Gasteiger partial charge in [-0.1, -0.05) is 30.3 Å². The molecule has 0 radical (unpaired) electrons. The number of thiophene rings is 1. The topological polar surface area (TPSA) is 59.6 Å². The summed E-state index contributed by atoms with van der Waals surface area (Å²) in [4.78, 5) is 13.7. The minimum atomic E-state index is -0.326. The predicted molar refractivity (Wildman–Crippen MR) is 125 cm³/mol. The lowest BCUT2D eigenvalue weighted by atomic mass is 9.95. The second-order valence-corrected chi connectivity index (χ2v) is 8.41. The number of rotatable bonds is 5. The van der Waals surface area contributed by atoms with Crippen molar-refractivity contribution >= 4 is 45.3 Å². The number of nitrogens with one attached hydrogen (secondary N) is 2. The molecular weight excluding hydrogens is 416 g/mol. The molecular formula is C23H22N2O3S2. The van der Waals surface area contributed by atoms with Crippen LogP contribution < -0.4 is 15.4 Å². The van der Waals surface area contributed by atoms with Gasteiger partial charge in [0.2, 0.25) is 0 Å². The summed E-state index contributed by atoms with van der Waals surface area (Å²) in [6.45, 7) is 0. The zero-order valence-corrected chi connectivity index (χ0v) is 18.2. The first kappa shape index (κ1) is 20.4. The Kier molecular flexibility index (Phi) is 6.30. The number of hydrogen-bond acceptors (Lipinski definition) is 5. The normalized spacial score (nSPS) is 12.6. The number of carbonyl (C=O) groups is 1. The molecule has 0 atom stereocenters. The number of ether oxygens (including phenoxy) is 2. The Morgan fingerprint density at radius 1 is 1.00 bits per heavy atom. The zero-order chi connectivity index (χ0) is 20.9. The summed E-state index contributed by atoms with van der Waals surface area (Å²) in [6, 6.07) is 17.2. The number of thiocarbonyl (C=S) groups is 1. The molecule has 3 aromatic rings. The van der Waals surface area contributed by atoms with Crippen LogP contribution in [0.5, 0.6) is 11.5 Å². The van der Waals surface area contributed by atoms with E-state index in [9.17, 15) is 4.79 Å². The molecule has 2 N–H and O–H groups in total. The van der Waals surface area contributed by atoms with Gasteiger partial charge in [-0.25, -0.2) is 4.79 Å². The summed E-state index contributed by atoms with van der Waals surface area (Å²) in [7, 11) is 1.41. The lowest BCUT2D eigenvalue weighted by Crippen LogP contribution is -2.20. The van der Waals surface area contributed by atoms with Crippen molar-refractivity contribution in [2.75, 3.05) is 17.7 Å². The monoisotopic (exact) mass is 438 g/mol. The summed E-state index contributed by atoms with van der Waals surface area (Å²) < 4.78 is 11.0. The number of fused-ring (bicyclic) bond motifs is 1. The van der Waals surface area contributed by atoms with Crippen LogP contribution in [0.1, 0.15) is 33.6 Å². The van der Waals surface area contributed by atoms with Gasteiger partial charge < -0.3 is 20.1 Å². The van der Waals surface area contributed by atoms with E-state index in [-0.39, 0.29) is 5.97 Å². The third-order valence-corrected chi connectivity index (χ3v) is 6.31. The van der Waals surface area contributed by atoms with Crippen molar-refractivity contribution in [2.24, 2.45) is 0 Å². The number of carbonyl (C=O) groups excluding carboxylic acids is 1. The van der Waals surface area contributed by atoms with Gasteiger partial charge >= 0.3 is 5.97 Å². The van der Waals surface area contributed by atoms with E-state index in [1.807, 2.05) is 54.6 Å². The van der Waals surface area contributed by atoms with Crippen molar-refractivity contribution in [3.8, 4) is 11.5 Å². The minimum absolute atomic E-state index is 0.326. The van der Waals surface area contributed by atoms with Crippen molar-refractivity contribution in [1.82, 2.24) is 0 Å². The Labute approximate surface area is 185 Å². The molecule has 7 heteroatoms. The third-order valence-electron chi connectivity index (χ3n) is 4.89. The van der Waals surface area contributed by atoms with Crippen LogP contribution in [0, 0.1) is 0 Å². The van der Waals surface area contributed by atoms with Crippen LogP contribution in [0.2, 0.25) is 0 Å². The van der Waals surface area contributed by atoms with Gasteiger partial charge in [-0.05, 0) is 67.7 Å². The van der Waals surface area contributed by atoms with Gasteiger partial charge in [0.1, 0.15) is 10.8 Å². The lowest BCUT2D eigenvalue weighted by molar-refractivity contribution is 0.0601. The van der Waals surface area contributed by atoms with Gasteiger partial charge in [0.25, 0.3) is 0 Å². The van der Waals surface area contributed by atoms with Gasteiger partial charge in [0, 0.05) is 4.88 Å². The summed E-state index contributed by atoms with van der Waals surface area (Å²) in [5, 5.41) is 7.52. The van der Waals surface area contributed by atoms with Gasteiger partial charge in [-0.2, -0.15) is 0 Å². The molecule has 0 fully saturated rings. The van der Waals surface area contributed by atoms with Crippen LogP contribution in [0.25, 0.3) is 0 Å². The minimum Gasteiger partial charge on any atom is -0.465 e. The van der Waals surface area contributed by atoms with Crippen LogP contribution in [-0.2, 0) is 17.6 Å². The molecule has 4 rings (SSSR count). The number of anilines is 2. The highest BCUT2D eigenvalue weighted by atomic mass is 32.1. The highest BCUT2D eigenvalue weighted by Gasteiger charge is 2.26. The Hall–Kier alpha value is -2.90. The summed E-state index contributed by atoms with van der Waals surface area (Å²) in [5.41, 5.74) is 2.44. The van der Waals surface area contributed by atoms with Gasteiger partial charge in [0.15, 0.2) is 10.9 Å². The summed E-state index contributed by atoms with van der Waals surface area (Å²) in [6.07, 6.45) is 4.10. The Bertz CT molecular complexity index is 1060. The number of benzene rings is 2. The van der Waals surface area contributed by atoms with Crippen molar-refractivity contribution < 1.29 is 14.3 Å². The van der Waals surface area contributed by atoms with E-state index in [1.54, 1.807) is 11.3 Å². The van der Waals surface area contributed by atoms with E-state index in [2.05, 4.69) is 10.6 Å². The number of para-hydroxylation sites is 3. The van der Waals surface area contributed by atoms with Gasteiger partial charge in [-0.3, -0.25) is 0 Å². The highest BCUT2D eigenvalue weighted by molar-refractivity contribution is 7.80. The SMILES string of the molecule is COC(=O)c1c(NC(=S)Nc2ccccc2Oc2ccccc2)sc2c1CCCC2. The van der Waals surface area contributed by atoms with Crippen molar-refractivity contribution in [1.29, 1.82) is 0 Å². The fourth-order valence-electron chi connectivity index (χ4n) is 3.50. The third kappa shape index (κ3) is 4.47. The Morgan fingerprint density at radius 3 is 2.53 bits per heavy atom. The largest absolute Gasteiger partial charge is 0.465 e. The van der Waals surface area contributed by atoms with Crippen molar-refractivity contribution in [3.63, 3.8) is 0 Å². The van der Waals surface area contributed by atoms with Crippen molar-refractivity contribution in [3.05, 3.63) is 70.6 Å². The second-order valence-electron chi connectivity index (χ2n) is 6.90.